The van der Waals surface area contributed by atoms with Gasteiger partial charge in [-0.2, -0.15) is 0 Å². The van der Waals surface area contributed by atoms with Gasteiger partial charge in [0.15, 0.2) is 5.82 Å². The van der Waals surface area contributed by atoms with Crippen molar-refractivity contribution in [3.05, 3.63) is 52.4 Å². The Morgan fingerprint density at radius 3 is 2.68 bits per heavy atom. The molecule has 6 heteroatoms. The first-order chi connectivity index (χ1) is 13.5. The molecule has 0 radical (unpaired) electrons. The number of piperidine rings is 1. The topological polar surface area (TPSA) is 80.3 Å². The van der Waals surface area contributed by atoms with E-state index in [9.17, 15) is 0 Å². The van der Waals surface area contributed by atoms with Crippen LogP contribution in [0.3, 0.4) is 0 Å². The predicted molar refractivity (Wildman–Crippen MR) is 115 cm³/mol. The van der Waals surface area contributed by atoms with E-state index >= 15 is 0 Å². The van der Waals surface area contributed by atoms with Crippen molar-refractivity contribution in [2.45, 2.75) is 46.0 Å². The zero-order valence-electron chi connectivity index (χ0n) is 17.3. The average Bonchev–Trinajstić information content (AvgIpc) is 2.69. The van der Waals surface area contributed by atoms with Crippen molar-refractivity contribution in [1.82, 2.24) is 19.9 Å². The van der Waals surface area contributed by atoms with Gasteiger partial charge in [-0.25, -0.2) is 9.98 Å². The number of allylic oxidation sites excluding steroid dienone is 1. The number of aromatic nitrogens is 3. The fraction of sp³-hybridized carbons (Fsp3) is 0.455. The fourth-order valence-corrected chi connectivity index (χ4v) is 3.54. The summed E-state index contributed by atoms with van der Waals surface area (Å²) in [5, 5.41) is 0. The maximum Gasteiger partial charge on any atom is 0.154 e. The van der Waals surface area contributed by atoms with Gasteiger partial charge in [-0.15, -0.1) is 0 Å². The maximum absolute atomic E-state index is 6.14. The van der Waals surface area contributed by atoms with Gasteiger partial charge in [-0.3, -0.25) is 9.97 Å². The van der Waals surface area contributed by atoms with E-state index in [4.69, 9.17) is 5.73 Å². The molecule has 0 unspecified atom stereocenters. The van der Waals surface area contributed by atoms with E-state index in [-0.39, 0.29) is 0 Å². The van der Waals surface area contributed by atoms with Gasteiger partial charge in [0, 0.05) is 12.4 Å². The van der Waals surface area contributed by atoms with E-state index in [0.717, 1.165) is 42.2 Å². The van der Waals surface area contributed by atoms with Crippen molar-refractivity contribution in [3.8, 4) is 0 Å². The second-order valence-electron chi connectivity index (χ2n) is 7.59. The Kier molecular flexibility index (Phi) is 6.52. The van der Waals surface area contributed by atoms with E-state index in [1.807, 2.05) is 19.2 Å². The third-order valence-corrected chi connectivity index (χ3v) is 5.23. The third-order valence-electron chi connectivity index (χ3n) is 5.23. The van der Waals surface area contributed by atoms with E-state index < -0.39 is 0 Å². The van der Waals surface area contributed by atoms with E-state index in [1.54, 1.807) is 12.4 Å². The second kappa shape index (κ2) is 9.06. The summed E-state index contributed by atoms with van der Waals surface area (Å²) in [6, 6.07) is 2.22. The third kappa shape index (κ3) is 5.01. The minimum Gasteiger partial charge on any atom is -0.397 e. The van der Waals surface area contributed by atoms with Crippen LogP contribution in [0.4, 0.5) is 5.82 Å². The Balaban J connectivity index is 1.73. The zero-order chi connectivity index (χ0) is 20.1. The summed E-state index contributed by atoms with van der Waals surface area (Å²) < 4.78 is 0. The number of aliphatic imine (C=N–C) groups is 1. The number of rotatable bonds is 5. The summed E-state index contributed by atoms with van der Waals surface area (Å²) >= 11 is 0. The molecule has 3 heterocycles. The lowest BCUT2D eigenvalue weighted by Gasteiger charge is -2.29. The first-order valence-corrected chi connectivity index (χ1v) is 9.95. The highest BCUT2D eigenvalue weighted by molar-refractivity contribution is 5.85. The van der Waals surface area contributed by atoms with Crippen LogP contribution in [0.25, 0.3) is 6.08 Å². The molecule has 0 aromatic carbocycles. The molecule has 28 heavy (non-hydrogen) atoms. The molecule has 0 bridgehead atoms. The van der Waals surface area contributed by atoms with Crippen LogP contribution in [-0.2, 0) is 6.42 Å². The lowest BCUT2D eigenvalue weighted by atomic mass is 9.90. The molecule has 1 aliphatic heterocycles. The SMILES string of the molecule is CCc1nc(C)cnc1C=C(N)C=Nc1ncc(C2CCN(C)CC2)cc1C. The highest BCUT2D eigenvalue weighted by Crippen LogP contribution is 2.29. The molecule has 0 spiro atoms. The van der Waals surface area contributed by atoms with Crippen molar-refractivity contribution in [3.63, 3.8) is 0 Å². The fourth-order valence-electron chi connectivity index (χ4n) is 3.54. The number of hydrogen-bond acceptors (Lipinski definition) is 6. The lowest BCUT2D eigenvalue weighted by Crippen LogP contribution is -2.29. The van der Waals surface area contributed by atoms with Gasteiger partial charge < -0.3 is 10.6 Å². The van der Waals surface area contributed by atoms with E-state index in [2.05, 4.69) is 51.8 Å². The molecule has 2 N–H and O–H groups in total. The van der Waals surface area contributed by atoms with Crippen LogP contribution in [0.1, 0.15) is 53.9 Å². The smallest absolute Gasteiger partial charge is 0.154 e. The van der Waals surface area contributed by atoms with Crippen molar-refractivity contribution < 1.29 is 0 Å². The number of hydrogen-bond donors (Lipinski definition) is 1. The molecule has 0 atom stereocenters. The standard InChI is InChI=1S/C22H30N6/c1-5-20-21(24-12-16(3)27-20)11-19(23)14-26-22-15(2)10-18(13-25-22)17-6-8-28(4)9-7-17/h10-14,17H,5-9,23H2,1-4H3. The highest BCUT2D eigenvalue weighted by atomic mass is 15.1. The quantitative estimate of drug-likeness (QED) is 0.805. The van der Waals surface area contributed by atoms with E-state index in [0.29, 0.717) is 17.4 Å². The van der Waals surface area contributed by atoms with Crippen LogP contribution in [0, 0.1) is 13.8 Å². The summed E-state index contributed by atoms with van der Waals surface area (Å²) in [4.78, 5) is 20.4. The largest absolute Gasteiger partial charge is 0.397 e. The average molecular weight is 379 g/mol. The van der Waals surface area contributed by atoms with E-state index in [1.165, 1.54) is 18.4 Å². The number of nitrogens with zero attached hydrogens (tertiary/aromatic N) is 5. The van der Waals surface area contributed by atoms with Crippen molar-refractivity contribution in [2.75, 3.05) is 20.1 Å². The normalized spacial score (nSPS) is 16.8. The molecule has 0 saturated carbocycles. The Bertz CT molecular complexity index is 879. The Labute approximate surface area is 167 Å². The van der Waals surface area contributed by atoms with Crippen molar-refractivity contribution in [1.29, 1.82) is 0 Å². The summed E-state index contributed by atoms with van der Waals surface area (Å²) in [7, 11) is 2.18. The predicted octanol–water partition coefficient (Wildman–Crippen LogP) is 3.56. The Morgan fingerprint density at radius 1 is 1.25 bits per heavy atom. The molecule has 1 fully saturated rings. The van der Waals surface area contributed by atoms with Gasteiger partial charge in [0.25, 0.3) is 0 Å². The summed E-state index contributed by atoms with van der Waals surface area (Å²) in [5.41, 5.74) is 11.7. The van der Waals surface area contributed by atoms with Gasteiger partial charge in [0.1, 0.15) is 0 Å². The zero-order valence-corrected chi connectivity index (χ0v) is 17.3. The van der Waals surface area contributed by atoms with Crippen molar-refractivity contribution >= 4 is 18.1 Å². The molecular weight excluding hydrogens is 348 g/mol. The second-order valence-corrected chi connectivity index (χ2v) is 7.59. The monoisotopic (exact) mass is 378 g/mol. The lowest BCUT2D eigenvalue weighted by molar-refractivity contribution is 0.255. The molecule has 2 aromatic heterocycles. The van der Waals surface area contributed by atoms with Gasteiger partial charge in [0.2, 0.25) is 0 Å². The minimum atomic E-state index is 0.536. The first kappa shape index (κ1) is 20.1. The van der Waals surface area contributed by atoms with Crippen LogP contribution in [-0.4, -0.2) is 46.2 Å². The van der Waals surface area contributed by atoms with Crippen LogP contribution in [0.5, 0.6) is 0 Å². The maximum atomic E-state index is 6.14. The molecule has 148 valence electrons. The van der Waals surface area contributed by atoms with Gasteiger partial charge in [0.05, 0.1) is 29.0 Å². The minimum absolute atomic E-state index is 0.536. The van der Waals surface area contributed by atoms with Gasteiger partial charge >= 0.3 is 0 Å². The molecule has 3 rings (SSSR count). The molecule has 1 saturated heterocycles. The summed E-state index contributed by atoms with van der Waals surface area (Å²) in [5.74, 6) is 1.30. The molecule has 2 aromatic rings. The highest BCUT2D eigenvalue weighted by Gasteiger charge is 2.19. The molecule has 0 aliphatic carbocycles. The molecule has 6 nitrogen and oxygen atoms in total. The first-order valence-electron chi connectivity index (χ1n) is 9.95. The summed E-state index contributed by atoms with van der Waals surface area (Å²) in [6.07, 6.45) is 10.4. The van der Waals surface area contributed by atoms with Crippen LogP contribution in [0.15, 0.2) is 29.1 Å². The number of pyridine rings is 1. The number of aryl methyl sites for hydroxylation is 3. The Morgan fingerprint density at radius 2 is 2.00 bits per heavy atom. The summed E-state index contributed by atoms with van der Waals surface area (Å²) in [6.45, 7) is 8.34. The van der Waals surface area contributed by atoms with Gasteiger partial charge in [-0.05, 0) is 76.4 Å². The molecule has 1 aliphatic rings. The number of likely N-dealkylation sites (tertiary alicyclic amines) is 1. The van der Waals surface area contributed by atoms with Crippen LogP contribution in [0.2, 0.25) is 0 Å². The van der Waals surface area contributed by atoms with Crippen LogP contribution >= 0.6 is 0 Å². The van der Waals surface area contributed by atoms with Crippen LogP contribution < -0.4 is 5.73 Å². The Hall–Kier alpha value is -2.60. The van der Waals surface area contributed by atoms with Crippen molar-refractivity contribution in [2.24, 2.45) is 10.7 Å². The molecular formula is C22H30N6. The molecule has 0 amide bonds. The van der Waals surface area contributed by atoms with Gasteiger partial charge in [-0.1, -0.05) is 13.0 Å². The number of nitrogens with two attached hydrogens (primary N) is 1.